The van der Waals surface area contributed by atoms with Crippen LogP contribution in [-0.4, -0.2) is 23.1 Å². The lowest BCUT2D eigenvalue weighted by Gasteiger charge is -2.33. The van der Waals surface area contributed by atoms with Crippen LogP contribution in [0.2, 0.25) is 5.02 Å². The highest BCUT2D eigenvalue weighted by atomic mass is 35.5. The number of Topliss-reactive ketones (excluding diaryl/α,β-unsaturated/α-hetero) is 2. The van der Waals surface area contributed by atoms with Crippen LogP contribution in [0, 0.1) is 5.92 Å². The molecule has 1 heterocycles. The highest BCUT2D eigenvalue weighted by Gasteiger charge is 2.49. The number of rotatable bonds is 4. The first-order valence-corrected chi connectivity index (χ1v) is 8.37. The van der Waals surface area contributed by atoms with Crippen molar-refractivity contribution < 1.29 is 9.59 Å². The Balaban J connectivity index is 2.50. The monoisotopic (exact) mass is 314 g/mol. The summed E-state index contributed by atoms with van der Waals surface area (Å²) >= 11 is 9.30. The molecule has 2 nitrogen and oxygen atoms in total. The Morgan fingerprint density at radius 2 is 1.58 bits per heavy atom. The molecule has 0 bridgehead atoms. The van der Waals surface area contributed by atoms with Crippen LogP contribution < -0.4 is 0 Å². The van der Waals surface area contributed by atoms with Crippen LogP contribution in [0.25, 0.3) is 0 Å². The molecule has 1 saturated heterocycles. The van der Waals surface area contributed by atoms with Crippen molar-refractivity contribution in [3.63, 3.8) is 0 Å². The summed E-state index contributed by atoms with van der Waals surface area (Å²) in [5.41, 5.74) is 1.000. The molecule has 1 fully saturated rings. The Kier molecular flexibility index (Phi) is 4.64. The van der Waals surface area contributed by atoms with Crippen molar-refractivity contribution in [2.24, 2.45) is 5.92 Å². The van der Waals surface area contributed by atoms with Gasteiger partial charge in [0, 0.05) is 16.5 Å². The number of benzene rings is 1. The van der Waals surface area contributed by atoms with Gasteiger partial charge in [0.2, 0.25) is 0 Å². The summed E-state index contributed by atoms with van der Waals surface area (Å²) in [6, 6.07) is 7.48. The summed E-state index contributed by atoms with van der Waals surface area (Å²) in [7, 11) is 0. The Labute approximate surface area is 126 Å². The largest absolute Gasteiger partial charge is 0.299 e. The van der Waals surface area contributed by atoms with Gasteiger partial charge in [0.25, 0.3) is 0 Å². The van der Waals surface area contributed by atoms with Crippen LogP contribution in [0.5, 0.6) is 0 Å². The van der Waals surface area contributed by atoms with Gasteiger partial charge in [-0.05, 0) is 31.5 Å². The zero-order valence-corrected chi connectivity index (χ0v) is 13.2. The fraction of sp³-hybridized carbons (Fsp3) is 0.429. The third kappa shape index (κ3) is 2.86. The van der Waals surface area contributed by atoms with Crippen LogP contribution in [0.3, 0.4) is 0 Å². The molecule has 0 radical (unpaired) electrons. The zero-order chi connectivity index (χ0) is 14.0. The van der Waals surface area contributed by atoms with Crippen molar-refractivity contribution in [3.8, 4) is 0 Å². The van der Waals surface area contributed by atoms with Gasteiger partial charge in [0.15, 0.2) is 0 Å². The van der Waals surface area contributed by atoms with E-state index in [-0.39, 0.29) is 11.6 Å². The van der Waals surface area contributed by atoms with Crippen molar-refractivity contribution >= 4 is 46.7 Å². The van der Waals surface area contributed by atoms with E-state index in [2.05, 4.69) is 0 Å². The van der Waals surface area contributed by atoms with Gasteiger partial charge in [-0.25, -0.2) is 0 Å². The van der Waals surface area contributed by atoms with Gasteiger partial charge in [-0.15, -0.1) is 23.5 Å². The summed E-state index contributed by atoms with van der Waals surface area (Å²) < 4.78 is -0.484. The molecule has 1 aromatic carbocycles. The van der Waals surface area contributed by atoms with Crippen LogP contribution in [-0.2, 0) is 13.7 Å². The first-order chi connectivity index (χ1) is 8.97. The molecule has 0 aromatic heterocycles. The van der Waals surface area contributed by atoms with E-state index in [0.717, 1.165) is 17.1 Å². The fourth-order valence-electron chi connectivity index (χ4n) is 2.43. The maximum atomic E-state index is 11.9. The van der Waals surface area contributed by atoms with Crippen molar-refractivity contribution in [2.45, 2.75) is 17.9 Å². The topological polar surface area (TPSA) is 34.1 Å². The summed E-state index contributed by atoms with van der Waals surface area (Å²) in [6.07, 6.45) is 0. The van der Waals surface area contributed by atoms with E-state index in [1.165, 1.54) is 13.8 Å². The average molecular weight is 315 g/mol. The number of halogens is 1. The van der Waals surface area contributed by atoms with Crippen LogP contribution in [0.15, 0.2) is 24.3 Å². The molecule has 102 valence electrons. The van der Waals surface area contributed by atoms with E-state index in [9.17, 15) is 9.59 Å². The van der Waals surface area contributed by atoms with Crippen molar-refractivity contribution in [1.29, 1.82) is 0 Å². The Bertz CT molecular complexity index is 479. The van der Waals surface area contributed by atoms with Gasteiger partial charge in [-0.1, -0.05) is 23.7 Å². The maximum absolute atomic E-state index is 11.9. The molecule has 0 saturated carbocycles. The third-order valence-corrected chi connectivity index (χ3v) is 6.99. The molecule has 0 amide bonds. The van der Waals surface area contributed by atoms with Crippen LogP contribution in [0.1, 0.15) is 19.4 Å². The molecule has 1 aliphatic rings. The second-order valence-electron chi connectivity index (χ2n) is 4.53. The van der Waals surface area contributed by atoms with Gasteiger partial charge in [-0.2, -0.15) is 0 Å². The molecule has 0 unspecified atom stereocenters. The third-order valence-electron chi connectivity index (χ3n) is 3.16. The quantitative estimate of drug-likeness (QED) is 0.792. The first kappa shape index (κ1) is 14.9. The average Bonchev–Trinajstić information content (AvgIpc) is 2.79. The minimum absolute atomic E-state index is 0.0654. The molecule has 0 spiro atoms. The van der Waals surface area contributed by atoms with Gasteiger partial charge < -0.3 is 0 Å². The minimum Gasteiger partial charge on any atom is -0.299 e. The second kappa shape index (κ2) is 5.90. The molecule has 1 aromatic rings. The van der Waals surface area contributed by atoms with E-state index in [4.69, 9.17) is 11.6 Å². The number of thioether (sulfide) groups is 2. The lowest BCUT2D eigenvalue weighted by atomic mass is 9.91. The second-order valence-corrected chi connectivity index (χ2v) is 7.90. The molecular formula is C14H15ClO2S2. The summed E-state index contributed by atoms with van der Waals surface area (Å²) in [5.74, 6) is 1.18. The predicted molar refractivity (Wildman–Crippen MR) is 82.9 cm³/mol. The number of hydrogen-bond acceptors (Lipinski definition) is 4. The smallest absolute Gasteiger partial charge is 0.142 e. The minimum atomic E-state index is -0.592. The zero-order valence-electron chi connectivity index (χ0n) is 10.8. The van der Waals surface area contributed by atoms with Crippen molar-refractivity contribution in [2.75, 3.05) is 11.5 Å². The first-order valence-electron chi connectivity index (χ1n) is 6.02. The molecule has 1 aliphatic heterocycles. The normalized spacial score (nSPS) is 17.7. The van der Waals surface area contributed by atoms with E-state index in [1.807, 2.05) is 24.3 Å². The van der Waals surface area contributed by atoms with E-state index in [0.29, 0.717) is 5.02 Å². The van der Waals surface area contributed by atoms with Gasteiger partial charge in [0.05, 0.1) is 0 Å². The maximum Gasteiger partial charge on any atom is 0.142 e. The van der Waals surface area contributed by atoms with Crippen LogP contribution in [0.4, 0.5) is 0 Å². The van der Waals surface area contributed by atoms with Gasteiger partial charge in [-0.3, -0.25) is 9.59 Å². The molecule has 2 rings (SSSR count). The van der Waals surface area contributed by atoms with E-state index >= 15 is 0 Å². The fourth-order valence-corrected chi connectivity index (χ4v) is 6.27. The van der Waals surface area contributed by atoms with Gasteiger partial charge >= 0.3 is 0 Å². The Morgan fingerprint density at radius 1 is 1.11 bits per heavy atom. The Morgan fingerprint density at radius 3 is 2.00 bits per heavy atom. The number of ketones is 2. The molecule has 0 N–H and O–H groups in total. The number of hydrogen-bond donors (Lipinski definition) is 0. The van der Waals surface area contributed by atoms with E-state index in [1.54, 1.807) is 23.5 Å². The molecule has 0 atom stereocenters. The lowest BCUT2D eigenvalue weighted by molar-refractivity contribution is -0.130. The summed E-state index contributed by atoms with van der Waals surface area (Å²) in [4.78, 5) is 23.9. The Hall–Kier alpha value is -0.450. The van der Waals surface area contributed by atoms with Gasteiger partial charge in [0.1, 0.15) is 21.6 Å². The predicted octanol–water partition coefficient (Wildman–Crippen LogP) is 3.77. The summed E-state index contributed by atoms with van der Waals surface area (Å²) in [6.45, 7) is 3.01. The number of carbonyl (C=O) groups is 2. The molecule has 0 aliphatic carbocycles. The standard InChI is InChI=1S/C14H15ClO2S2/c1-9(16)13(10(2)17)14(18-7-8-19-14)11-3-5-12(15)6-4-11/h3-6,13H,7-8H2,1-2H3. The van der Waals surface area contributed by atoms with Crippen LogP contribution >= 0.6 is 35.1 Å². The van der Waals surface area contributed by atoms with E-state index < -0.39 is 10.00 Å². The molecule has 5 heteroatoms. The molecular weight excluding hydrogens is 300 g/mol. The van der Waals surface area contributed by atoms with Crippen molar-refractivity contribution in [3.05, 3.63) is 34.9 Å². The highest BCUT2D eigenvalue weighted by Crippen LogP contribution is 2.57. The summed E-state index contributed by atoms with van der Waals surface area (Å²) in [5, 5.41) is 0.661. The SMILES string of the molecule is CC(=O)C(C(C)=O)C1(c2ccc(Cl)cc2)SCCS1. The highest BCUT2D eigenvalue weighted by molar-refractivity contribution is 8.20. The molecule has 19 heavy (non-hydrogen) atoms. The number of carbonyl (C=O) groups excluding carboxylic acids is 2. The van der Waals surface area contributed by atoms with Crippen molar-refractivity contribution in [1.82, 2.24) is 0 Å². The lowest BCUT2D eigenvalue weighted by Crippen LogP contribution is -2.36.